The molecule has 0 fully saturated rings. The van der Waals surface area contributed by atoms with E-state index in [0.717, 1.165) is 7.11 Å². The fraction of sp³-hybridized carbons (Fsp3) is 0.364. The van der Waals surface area contributed by atoms with Gasteiger partial charge in [-0.05, 0) is 18.6 Å². The quantitative estimate of drug-likeness (QED) is 0.506. The van der Waals surface area contributed by atoms with Crippen LogP contribution in [0.2, 0.25) is 0 Å². The molecule has 10 heteroatoms. The van der Waals surface area contributed by atoms with Gasteiger partial charge < -0.3 is 4.74 Å². The van der Waals surface area contributed by atoms with E-state index in [4.69, 9.17) is 5.14 Å². The second-order valence-electron chi connectivity index (χ2n) is 4.11. The van der Waals surface area contributed by atoms with Crippen molar-refractivity contribution < 1.29 is 26.4 Å². The van der Waals surface area contributed by atoms with Crippen LogP contribution in [-0.2, 0) is 24.8 Å². The Labute approximate surface area is 123 Å². The van der Waals surface area contributed by atoms with Gasteiger partial charge in [-0.1, -0.05) is 12.1 Å². The Hall–Kier alpha value is -1.49. The molecule has 1 aromatic carbocycles. The van der Waals surface area contributed by atoms with Crippen molar-refractivity contribution in [1.82, 2.24) is 4.72 Å². The maximum Gasteiger partial charge on any atom is 0.339 e. The van der Waals surface area contributed by atoms with E-state index in [-0.39, 0.29) is 29.2 Å². The number of esters is 1. The van der Waals surface area contributed by atoms with Crippen LogP contribution < -0.4 is 9.86 Å². The minimum atomic E-state index is -3.95. The molecule has 1 rings (SSSR count). The lowest BCUT2D eigenvalue weighted by atomic mass is 10.2. The molecule has 0 amide bonds. The summed E-state index contributed by atoms with van der Waals surface area (Å²) < 4.78 is 52.4. The highest BCUT2D eigenvalue weighted by atomic mass is 32.2. The number of carbonyl (C=O) groups is 1. The van der Waals surface area contributed by atoms with Crippen molar-refractivity contribution in [2.45, 2.75) is 11.3 Å². The second kappa shape index (κ2) is 6.98. The summed E-state index contributed by atoms with van der Waals surface area (Å²) in [4.78, 5) is 11.3. The van der Waals surface area contributed by atoms with E-state index >= 15 is 0 Å². The van der Waals surface area contributed by atoms with E-state index in [1.54, 1.807) is 0 Å². The van der Waals surface area contributed by atoms with Crippen molar-refractivity contribution in [2.75, 3.05) is 19.4 Å². The van der Waals surface area contributed by atoms with E-state index in [2.05, 4.69) is 9.46 Å². The summed E-state index contributed by atoms with van der Waals surface area (Å²) in [5.74, 6) is -1.12. The Morgan fingerprint density at radius 3 is 2.43 bits per heavy atom. The van der Waals surface area contributed by atoms with E-state index < -0.39 is 26.0 Å². The Bertz CT molecular complexity index is 712. The summed E-state index contributed by atoms with van der Waals surface area (Å²) in [6.07, 6.45) is 0.0262. The first-order valence-corrected chi connectivity index (χ1v) is 9.05. The fourth-order valence-corrected chi connectivity index (χ4v) is 3.35. The fourth-order valence-electron chi connectivity index (χ4n) is 1.54. The number of hydrogen-bond acceptors (Lipinski definition) is 6. The molecule has 21 heavy (non-hydrogen) atoms. The lowest BCUT2D eigenvalue weighted by Gasteiger charge is -2.10. The van der Waals surface area contributed by atoms with Crippen molar-refractivity contribution in [3.63, 3.8) is 0 Å². The first kappa shape index (κ1) is 17.6. The molecule has 0 aromatic heterocycles. The minimum absolute atomic E-state index is 0.0262. The molecule has 0 saturated heterocycles. The molecule has 0 aliphatic heterocycles. The van der Waals surface area contributed by atoms with E-state index in [9.17, 15) is 21.6 Å². The number of hydrogen-bond donors (Lipinski definition) is 2. The normalized spacial score (nSPS) is 12.1. The molecule has 0 atom stereocenters. The highest BCUT2D eigenvalue weighted by Crippen LogP contribution is 2.16. The third-order valence-electron chi connectivity index (χ3n) is 2.48. The second-order valence-corrected chi connectivity index (χ2v) is 7.58. The SMILES string of the molecule is COC(=O)c1ccccc1S(=O)(=O)NCCCS(N)(=O)=O. The van der Waals surface area contributed by atoms with Crippen LogP contribution >= 0.6 is 0 Å². The Morgan fingerprint density at radius 1 is 1.24 bits per heavy atom. The van der Waals surface area contributed by atoms with Gasteiger partial charge >= 0.3 is 5.97 Å². The number of methoxy groups -OCH3 is 1. The molecule has 0 aliphatic rings. The number of benzene rings is 1. The van der Waals surface area contributed by atoms with Crippen LogP contribution in [0.3, 0.4) is 0 Å². The number of ether oxygens (including phenoxy) is 1. The lowest BCUT2D eigenvalue weighted by Crippen LogP contribution is -2.28. The van der Waals surface area contributed by atoms with Gasteiger partial charge in [-0.2, -0.15) is 0 Å². The Kier molecular flexibility index (Phi) is 5.84. The van der Waals surface area contributed by atoms with Gasteiger partial charge in [0.1, 0.15) is 0 Å². The molecule has 1 aromatic rings. The van der Waals surface area contributed by atoms with Crippen molar-refractivity contribution in [1.29, 1.82) is 0 Å². The molecule has 0 unspecified atom stereocenters. The predicted molar refractivity (Wildman–Crippen MR) is 75.6 cm³/mol. The van der Waals surface area contributed by atoms with Gasteiger partial charge in [0.2, 0.25) is 20.0 Å². The molecule has 0 radical (unpaired) electrons. The number of primary sulfonamides is 1. The van der Waals surface area contributed by atoms with Gasteiger partial charge in [-0.25, -0.2) is 31.5 Å². The zero-order valence-corrected chi connectivity index (χ0v) is 12.9. The molecule has 0 aliphatic carbocycles. The number of carbonyl (C=O) groups excluding carboxylic acids is 1. The average molecular weight is 336 g/mol. The lowest BCUT2D eigenvalue weighted by molar-refractivity contribution is 0.0596. The summed E-state index contributed by atoms with van der Waals surface area (Å²) >= 11 is 0. The summed E-state index contributed by atoms with van der Waals surface area (Å²) in [6, 6.07) is 5.55. The van der Waals surface area contributed by atoms with E-state index in [1.165, 1.54) is 24.3 Å². The molecule has 0 heterocycles. The maximum atomic E-state index is 12.1. The third kappa shape index (κ3) is 5.42. The van der Waals surface area contributed by atoms with Crippen LogP contribution in [0.25, 0.3) is 0 Å². The first-order chi connectivity index (χ1) is 9.67. The third-order valence-corrected chi connectivity index (χ3v) is 4.86. The van der Waals surface area contributed by atoms with Crippen molar-refractivity contribution in [3.05, 3.63) is 29.8 Å². The molecule has 3 N–H and O–H groups in total. The van der Waals surface area contributed by atoms with Crippen LogP contribution in [0.15, 0.2) is 29.2 Å². The van der Waals surface area contributed by atoms with Gasteiger partial charge in [0, 0.05) is 6.54 Å². The number of nitrogens with two attached hydrogens (primary N) is 1. The predicted octanol–water partition coefficient (Wildman–Crippen LogP) is -0.570. The highest BCUT2D eigenvalue weighted by Gasteiger charge is 2.22. The van der Waals surface area contributed by atoms with Crippen molar-refractivity contribution in [3.8, 4) is 0 Å². The monoisotopic (exact) mass is 336 g/mol. The van der Waals surface area contributed by atoms with Gasteiger partial charge in [-0.15, -0.1) is 0 Å². The van der Waals surface area contributed by atoms with E-state index in [1.807, 2.05) is 0 Å². The van der Waals surface area contributed by atoms with Gasteiger partial charge in [0.05, 0.1) is 23.3 Å². The van der Waals surface area contributed by atoms with Gasteiger partial charge in [0.25, 0.3) is 0 Å². The number of nitrogens with one attached hydrogen (secondary N) is 1. The average Bonchev–Trinajstić information content (AvgIpc) is 2.42. The zero-order chi connectivity index (χ0) is 16.1. The van der Waals surface area contributed by atoms with Crippen LogP contribution in [0, 0.1) is 0 Å². The standard InChI is InChI=1S/C11H16N2O6S2/c1-19-11(14)9-5-2-3-6-10(9)21(17,18)13-7-4-8-20(12,15)16/h2-3,5-6,13H,4,7-8H2,1H3,(H2,12,15,16). The van der Waals surface area contributed by atoms with Crippen molar-refractivity contribution in [2.24, 2.45) is 5.14 Å². The van der Waals surface area contributed by atoms with Crippen molar-refractivity contribution >= 4 is 26.0 Å². The smallest absolute Gasteiger partial charge is 0.339 e. The highest BCUT2D eigenvalue weighted by molar-refractivity contribution is 7.89. The van der Waals surface area contributed by atoms with Crippen LogP contribution in [0.1, 0.15) is 16.8 Å². The summed E-state index contributed by atoms with van der Waals surface area (Å²) in [6.45, 7) is -0.117. The summed E-state index contributed by atoms with van der Waals surface area (Å²) in [5, 5.41) is 4.81. The molecular formula is C11H16N2O6S2. The Morgan fingerprint density at radius 2 is 1.86 bits per heavy atom. The number of sulfonamides is 2. The zero-order valence-electron chi connectivity index (χ0n) is 11.3. The molecule has 118 valence electrons. The van der Waals surface area contributed by atoms with Crippen LogP contribution in [0.5, 0.6) is 0 Å². The van der Waals surface area contributed by atoms with E-state index in [0.29, 0.717) is 0 Å². The summed E-state index contributed by atoms with van der Waals surface area (Å²) in [5.41, 5.74) is -0.0982. The molecule has 8 nitrogen and oxygen atoms in total. The maximum absolute atomic E-state index is 12.1. The number of rotatable bonds is 7. The molecule has 0 saturated carbocycles. The van der Waals surface area contributed by atoms with Crippen LogP contribution in [0.4, 0.5) is 0 Å². The molecule has 0 spiro atoms. The minimum Gasteiger partial charge on any atom is -0.465 e. The topological polar surface area (TPSA) is 133 Å². The van der Waals surface area contributed by atoms with Gasteiger partial charge in [-0.3, -0.25) is 0 Å². The molecule has 0 bridgehead atoms. The van der Waals surface area contributed by atoms with Gasteiger partial charge in [0.15, 0.2) is 0 Å². The van der Waals surface area contributed by atoms with Crippen LogP contribution in [-0.4, -0.2) is 42.2 Å². The summed E-state index contributed by atoms with van der Waals surface area (Å²) in [7, 11) is -6.45. The first-order valence-electron chi connectivity index (χ1n) is 5.85. The Balaban J connectivity index is 2.86. The molecular weight excluding hydrogens is 320 g/mol. The largest absolute Gasteiger partial charge is 0.465 e.